The number of anilines is 1. The fraction of sp³-hybridized carbons (Fsp3) is 0.353. The normalized spacial score (nSPS) is 23.4. The lowest BCUT2D eigenvalue weighted by Gasteiger charge is -2.29. The fourth-order valence-electron chi connectivity index (χ4n) is 3.71. The summed E-state index contributed by atoms with van der Waals surface area (Å²) in [5.41, 5.74) is 4.56. The molecule has 2 nitrogen and oxygen atoms in total. The van der Waals surface area contributed by atoms with Crippen molar-refractivity contribution in [3.8, 4) is 0 Å². The number of carbonyl (C=O) groups excluding carboxylic acids is 1. The summed E-state index contributed by atoms with van der Waals surface area (Å²) < 4.78 is 1.01. The second-order valence-corrected chi connectivity index (χ2v) is 6.78. The summed E-state index contributed by atoms with van der Waals surface area (Å²) in [5.74, 6) is 0.0843. The summed E-state index contributed by atoms with van der Waals surface area (Å²) in [6.07, 6.45) is 5.23. The van der Waals surface area contributed by atoms with Crippen molar-refractivity contribution in [1.82, 2.24) is 0 Å². The topological polar surface area (TPSA) is 20.3 Å². The minimum absolute atomic E-state index is 0.0481. The maximum absolute atomic E-state index is 12.1. The molecule has 0 saturated heterocycles. The molecule has 3 heteroatoms. The monoisotopic (exact) mass is 331 g/mol. The molecule has 0 radical (unpaired) electrons. The van der Waals surface area contributed by atoms with E-state index in [9.17, 15) is 4.79 Å². The molecule has 20 heavy (non-hydrogen) atoms. The number of hydrogen-bond donors (Lipinski definition) is 0. The quantitative estimate of drug-likeness (QED) is 0.719. The molecule has 2 aliphatic rings. The van der Waals surface area contributed by atoms with E-state index >= 15 is 0 Å². The molecule has 0 N–H and O–H groups in total. The van der Waals surface area contributed by atoms with Gasteiger partial charge in [-0.25, -0.2) is 0 Å². The Morgan fingerprint density at radius 2 is 2.20 bits per heavy atom. The van der Waals surface area contributed by atoms with Crippen molar-refractivity contribution in [2.75, 3.05) is 4.90 Å². The molecule has 0 spiro atoms. The average Bonchev–Trinajstić information content (AvgIpc) is 2.81. The Hall–Kier alpha value is -1.35. The molecule has 1 aliphatic heterocycles. The molecule has 1 atom stereocenters. The van der Waals surface area contributed by atoms with Gasteiger partial charge in [-0.2, -0.15) is 0 Å². The fourth-order valence-corrected chi connectivity index (χ4v) is 4.06. The van der Waals surface area contributed by atoms with Gasteiger partial charge in [-0.3, -0.25) is 9.69 Å². The summed E-state index contributed by atoms with van der Waals surface area (Å²) in [7, 11) is 0. The Kier molecular flexibility index (Phi) is 3.13. The van der Waals surface area contributed by atoms with E-state index in [1.807, 2.05) is 4.90 Å². The van der Waals surface area contributed by atoms with Gasteiger partial charge < -0.3 is 0 Å². The molecule has 0 aromatic heterocycles. The first kappa shape index (κ1) is 13.6. The van der Waals surface area contributed by atoms with Crippen LogP contribution in [-0.4, -0.2) is 5.91 Å². The van der Waals surface area contributed by atoms with E-state index in [4.69, 9.17) is 0 Å². The largest absolute Gasteiger partial charge is 0.284 e. The van der Waals surface area contributed by atoms with Gasteiger partial charge in [0.2, 0.25) is 5.91 Å². The third kappa shape index (κ3) is 1.80. The zero-order valence-corrected chi connectivity index (χ0v) is 13.5. The smallest absolute Gasteiger partial charge is 0.228 e. The molecular formula is C17H18BrNO. The minimum atomic E-state index is -0.0481. The molecule has 0 fully saturated rings. The van der Waals surface area contributed by atoms with Crippen LogP contribution in [-0.2, 0) is 10.2 Å². The van der Waals surface area contributed by atoms with Crippen LogP contribution in [0.5, 0.6) is 0 Å². The van der Waals surface area contributed by atoms with E-state index in [1.165, 1.54) is 5.56 Å². The zero-order chi connectivity index (χ0) is 14.5. The highest BCUT2D eigenvalue weighted by Gasteiger charge is 2.50. The van der Waals surface area contributed by atoms with E-state index < -0.39 is 0 Å². The second-order valence-electron chi connectivity index (χ2n) is 5.86. The number of amides is 1. The van der Waals surface area contributed by atoms with Gasteiger partial charge in [0, 0.05) is 22.5 Å². The average molecular weight is 332 g/mol. The lowest BCUT2D eigenvalue weighted by atomic mass is 9.75. The van der Waals surface area contributed by atoms with Gasteiger partial charge in [0.1, 0.15) is 0 Å². The van der Waals surface area contributed by atoms with E-state index in [0.717, 1.165) is 40.7 Å². The van der Waals surface area contributed by atoms with Gasteiger partial charge in [0.05, 0.1) is 5.69 Å². The number of hydrogen-bond acceptors (Lipinski definition) is 1. The highest BCUT2D eigenvalue weighted by atomic mass is 79.9. The lowest BCUT2D eigenvalue weighted by Crippen LogP contribution is -2.31. The third-order valence-corrected chi connectivity index (χ3v) is 4.77. The highest BCUT2D eigenvalue weighted by molar-refractivity contribution is 9.10. The van der Waals surface area contributed by atoms with Crippen molar-refractivity contribution in [3.05, 3.63) is 52.2 Å². The number of rotatable bonds is 2. The first-order valence-electron chi connectivity index (χ1n) is 6.91. The van der Waals surface area contributed by atoms with Gasteiger partial charge in [-0.05, 0) is 43.9 Å². The molecule has 0 unspecified atom stereocenters. The minimum Gasteiger partial charge on any atom is -0.284 e. The first-order chi connectivity index (χ1) is 9.45. The van der Waals surface area contributed by atoms with Crippen molar-refractivity contribution in [2.45, 2.75) is 38.5 Å². The lowest BCUT2D eigenvalue weighted by molar-refractivity contribution is -0.116. The van der Waals surface area contributed by atoms with Crippen molar-refractivity contribution < 1.29 is 4.79 Å². The van der Waals surface area contributed by atoms with Crippen LogP contribution in [0, 0.1) is 0 Å². The van der Waals surface area contributed by atoms with Crippen LogP contribution < -0.4 is 4.90 Å². The van der Waals surface area contributed by atoms with E-state index in [-0.39, 0.29) is 11.3 Å². The molecule has 1 aliphatic carbocycles. The summed E-state index contributed by atoms with van der Waals surface area (Å²) in [6.45, 7) is 7.80. The predicted molar refractivity (Wildman–Crippen MR) is 85.7 cm³/mol. The number of allylic oxidation sites excluding steroid dienone is 3. The zero-order valence-electron chi connectivity index (χ0n) is 11.9. The second kappa shape index (κ2) is 4.59. The predicted octanol–water partition coefficient (Wildman–Crippen LogP) is 4.70. The Labute approximate surface area is 128 Å². The van der Waals surface area contributed by atoms with E-state index in [0.29, 0.717) is 0 Å². The van der Waals surface area contributed by atoms with Crippen molar-refractivity contribution >= 4 is 27.5 Å². The summed E-state index contributed by atoms with van der Waals surface area (Å²) in [4.78, 5) is 14.0. The number of fused-ring (bicyclic) bond motifs is 3. The van der Waals surface area contributed by atoms with Gasteiger partial charge in [-0.1, -0.05) is 33.6 Å². The summed E-state index contributed by atoms with van der Waals surface area (Å²) in [6, 6.07) is 6.28. The maximum atomic E-state index is 12.1. The summed E-state index contributed by atoms with van der Waals surface area (Å²) >= 11 is 3.51. The van der Waals surface area contributed by atoms with Crippen molar-refractivity contribution in [3.63, 3.8) is 0 Å². The Balaban J connectivity index is 2.24. The molecule has 3 rings (SSSR count). The Morgan fingerprint density at radius 3 is 2.85 bits per heavy atom. The van der Waals surface area contributed by atoms with Crippen LogP contribution in [0.15, 0.2) is 46.6 Å². The molecule has 104 valence electrons. The number of benzene rings is 1. The number of carbonyl (C=O) groups is 1. The molecule has 1 aromatic carbocycles. The van der Waals surface area contributed by atoms with E-state index in [1.54, 1.807) is 6.92 Å². The highest BCUT2D eigenvalue weighted by Crippen LogP contribution is 2.57. The SMILES string of the molecule is C=C(C)C[C@@]12CCC=C1N(C(C)=O)c1cc(Br)ccc12. The molecule has 0 saturated carbocycles. The van der Waals surface area contributed by atoms with Gasteiger partial charge in [0.25, 0.3) is 0 Å². The first-order valence-corrected chi connectivity index (χ1v) is 7.71. The molecule has 1 heterocycles. The molecule has 0 bridgehead atoms. The maximum Gasteiger partial charge on any atom is 0.228 e. The van der Waals surface area contributed by atoms with Crippen LogP contribution in [0.25, 0.3) is 0 Å². The van der Waals surface area contributed by atoms with Crippen LogP contribution in [0.3, 0.4) is 0 Å². The van der Waals surface area contributed by atoms with Crippen molar-refractivity contribution in [2.24, 2.45) is 0 Å². The van der Waals surface area contributed by atoms with Crippen LogP contribution >= 0.6 is 15.9 Å². The van der Waals surface area contributed by atoms with Gasteiger partial charge in [0.15, 0.2) is 0 Å². The molecule has 1 aromatic rings. The standard InChI is InChI=1S/C17H18BrNO/c1-11(2)10-17-8-4-5-16(17)19(12(3)20)15-9-13(18)6-7-14(15)17/h5-7,9H,1,4,8,10H2,2-3H3/t17-/m1/s1. The van der Waals surface area contributed by atoms with Gasteiger partial charge >= 0.3 is 0 Å². The van der Waals surface area contributed by atoms with Crippen molar-refractivity contribution in [1.29, 1.82) is 0 Å². The Bertz CT molecular complexity index is 646. The van der Waals surface area contributed by atoms with Crippen LogP contribution in [0.1, 0.15) is 38.7 Å². The number of halogens is 1. The van der Waals surface area contributed by atoms with Crippen LogP contribution in [0.4, 0.5) is 5.69 Å². The summed E-state index contributed by atoms with van der Waals surface area (Å²) in [5, 5.41) is 0. The number of nitrogens with zero attached hydrogens (tertiary/aromatic N) is 1. The molecular weight excluding hydrogens is 314 g/mol. The van der Waals surface area contributed by atoms with E-state index in [2.05, 4.69) is 53.7 Å². The third-order valence-electron chi connectivity index (χ3n) is 4.27. The molecule has 1 amide bonds. The van der Waals surface area contributed by atoms with Gasteiger partial charge in [-0.15, -0.1) is 6.58 Å². The Morgan fingerprint density at radius 1 is 1.45 bits per heavy atom. The van der Waals surface area contributed by atoms with Crippen LogP contribution in [0.2, 0.25) is 0 Å².